The van der Waals surface area contributed by atoms with Gasteiger partial charge in [0.1, 0.15) is 12.4 Å². The lowest BCUT2D eigenvalue weighted by atomic mass is 10.1. The molecule has 0 aromatic heterocycles. The molecule has 33 heavy (non-hydrogen) atoms. The predicted molar refractivity (Wildman–Crippen MR) is 125 cm³/mol. The summed E-state index contributed by atoms with van der Waals surface area (Å²) in [7, 11) is 0. The number of amides is 1. The van der Waals surface area contributed by atoms with Crippen LogP contribution in [-0.4, -0.2) is 18.7 Å². The van der Waals surface area contributed by atoms with Crippen molar-refractivity contribution in [3.05, 3.63) is 92.7 Å². The predicted octanol–water partition coefficient (Wildman–Crippen LogP) is 5.75. The van der Waals surface area contributed by atoms with Crippen LogP contribution in [0.1, 0.15) is 34.0 Å². The van der Waals surface area contributed by atoms with Gasteiger partial charge in [0.25, 0.3) is 5.91 Å². The summed E-state index contributed by atoms with van der Waals surface area (Å²) < 4.78 is 25.4. The zero-order valence-corrected chi connectivity index (χ0v) is 19.0. The molecule has 1 N–H and O–H groups in total. The molecule has 0 aliphatic rings. The van der Waals surface area contributed by atoms with Crippen LogP contribution in [0.15, 0.2) is 59.7 Å². The number of nitrogens with zero attached hydrogens (tertiary/aromatic N) is 2. The molecule has 0 radical (unpaired) electrons. The molecule has 0 aliphatic carbocycles. The van der Waals surface area contributed by atoms with E-state index in [9.17, 15) is 9.18 Å². The van der Waals surface area contributed by atoms with Crippen molar-refractivity contribution in [1.82, 2.24) is 5.43 Å². The third-order valence-electron chi connectivity index (χ3n) is 4.39. The third-order valence-corrected chi connectivity index (χ3v) is 4.98. The summed E-state index contributed by atoms with van der Waals surface area (Å²) >= 11 is 12.1. The topological polar surface area (TPSA) is 83.7 Å². The minimum absolute atomic E-state index is 0.122. The second kappa shape index (κ2) is 11.3. The van der Waals surface area contributed by atoms with Gasteiger partial charge in [0.05, 0.1) is 30.0 Å². The first-order chi connectivity index (χ1) is 15.9. The van der Waals surface area contributed by atoms with Crippen LogP contribution in [0.25, 0.3) is 0 Å². The van der Waals surface area contributed by atoms with Gasteiger partial charge in [-0.3, -0.25) is 4.79 Å². The molecular formula is C24H18Cl2FN3O3. The molecule has 3 aromatic rings. The van der Waals surface area contributed by atoms with Crippen molar-refractivity contribution >= 4 is 35.3 Å². The molecule has 0 fully saturated rings. The van der Waals surface area contributed by atoms with E-state index in [0.717, 1.165) is 11.6 Å². The lowest BCUT2D eigenvalue weighted by molar-refractivity contribution is 0.0951. The van der Waals surface area contributed by atoms with Gasteiger partial charge in [-0.1, -0.05) is 29.3 Å². The van der Waals surface area contributed by atoms with Crippen LogP contribution in [0.2, 0.25) is 10.0 Å². The van der Waals surface area contributed by atoms with Gasteiger partial charge >= 0.3 is 0 Å². The smallest absolute Gasteiger partial charge is 0.274 e. The highest BCUT2D eigenvalue weighted by molar-refractivity contribution is 6.35. The molecule has 0 saturated carbocycles. The molecule has 0 unspecified atom stereocenters. The quantitative estimate of drug-likeness (QED) is 0.325. The van der Waals surface area contributed by atoms with Crippen LogP contribution in [0, 0.1) is 17.1 Å². The van der Waals surface area contributed by atoms with E-state index in [2.05, 4.69) is 10.5 Å². The van der Waals surface area contributed by atoms with Gasteiger partial charge in [-0.05, 0) is 61.0 Å². The van der Waals surface area contributed by atoms with Crippen molar-refractivity contribution in [1.29, 1.82) is 5.26 Å². The number of hydrazone groups is 1. The maximum atomic E-state index is 14.0. The minimum atomic E-state index is -0.803. The van der Waals surface area contributed by atoms with E-state index in [1.54, 1.807) is 42.5 Å². The Bertz CT molecular complexity index is 1240. The number of halogens is 3. The standard InChI is InChI=1S/C24H18Cl2FN3O3/c1-2-32-23-10-16(4-8-22(23)33-14-17-5-6-18(25)11-20(17)26)13-29-30-24(31)19-7-3-15(12-28)9-21(19)27/h3-11,13H,2,14H2,1H3,(H,30,31)/b29-13-. The first-order valence-corrected chi connectivity index (χ1v) is 10.5. The second-order valence-corrected chi connectivity index (χ2v) is 7.51. The Morgan fingerprint density at radius 2 is 1.94 bits per heavy atom. The summed E-state index contributed by atoms with van der Waals surface area (Å²) in [6, 6.07) is 15.7. The number of ether oxygens (including phenoxy) is 2. The average molecular weight is 486 g/mol. The molecule has 3 rings (SSSR count). The van der Waals surface area contributed by atoms with Crippen LogP contribution in [0.3, 0.4) is 0 Å². The van der Waals surface area contributed by atoms with E-state index in [1.165, 1.54) is 18.3 Å². The van der Waals surface area contributed by atoms with Crippen molar-refractivity contribution < 1.29 is 18.7 Å². The van der Waals surface area contributed by atoms with Gasteiger partial charge < -0.3 is 9.47 Å². The maximum Gasteiger partial charge on any atom is 0.274 e. The molecule has 0 saturated heterocycles. The van der Waals surface area contributed by atoms with Gasteiger partial charge in [-0.2, -0.15) is 10.4 Å². The second-order valence-electron chi connectivity index (χ2n) is 6.67. The van der Waals surface area contributed by atoms with Crippen molar-refractivity contribution in [2.75, 3.05) is 6.61 Å². The number of carbonyl (C=O) groups is 1. The average Bonchev–Trinajstić information content (AvgIpc) is 2.79. The Kier molecular flexibility index (Phi) is 8.25. The normalized spacial score (nSPS) is 10.6. The Labute approximate surface area is 200 Å². The maximum absolute atomic E-state index is 14.0. The highest BCUT2D eigenvalue weighted by atomic mass is 35.5. The number of rotatable bonds is 8. The minimum Gasteiger partial charge on any atom is -0.490 e. The van der Waals surface area contributed by atoms with E-state index < -0.39 is 11.7 Å². The summed E-state index contributed by atoms with van der Waals surface area (Å²) in [5.74, 6) is -0.555. The van der Waals surface area contributed by atoms with E-state index in [-0.39, 0.29) is 17.7 Å². The molecular weight excluding hydrogens is 468 g/mol. The Balaban J connectivity index is 1.68. The third kappa shape index (κ3) is 6.45. The zero-order chi connectivity index (χ0) is 23.8. The summed E-state index contributed by atoms with van der Waals surface area (Å²) in [4.78, 5) is 12.1. The van der Waals surface area contributed by atoms with E-state index in [4.69, 9.17) is 37.9 Å². The summed E-state index contributed by atoms with van der Waals surface area (Å²) in [6.45, 7) is 2.47. The van der Waals surface area contributed by atoms with Crippen LogP contribution >= 0.6 is 23.2 Å². The molecule has 1 amide bonds. The highest BCUT2D eigenvalue weighted by Crippen LogP contribution is 2.30. The van der Waals surface area contributed by atoms with Crippen LogP contribution in [-0.2, 0) is 6.61 Å². The summed E-state index contributed by atoms with van der Waals surface area (Å²) in [6.07, 6.45) is 1.39. The van der Waals surface area contributed by atoms with Crippen LogP contribution in [0.4, 0.5) is 4.39 Å². The molecule has 9 heteroatoms. The number of benzene rings is 3. The number of hydrogen-bond acceptors (Lipinski definition) is 5. The number of nitrogens with one attached hydrogen (secondary N) is 1. The largest absolute Gasteiger partial charge is 0.490 e. The first-order valence-electron chi connectivity index (χ1n) is 9.78. The summed E-state index contributed by atoms with van der Waals surface area (Å²) in [5.41, 5.74) is 3.56. The molecule has 3 aromatic carbocycles. The van der Waals surface area contributed by atoms with Gasteiger partial charge in [0.15, 0.2) is 11.5 Å². The van der Waals surface area contributed by atoms with Crippen molar-refractivity contribution in [2.24, 2.45) is 5.10 Å². The fourth-order valence-corrected chi connectivity index (χ4v) is 3.24. The fraction of sp³-hybridized carbons (Fsp3) is 0.125. The highest BCUT2D eigenvalue weighted by Gasteiger charge is 2.12. The summed E-state index contributed by atoms with van der Waals surface area (Å²) in [5, 5.41) is 13.7. The van der Waals surface area contributed by atoms with Crippen LogP contribution < -0.4 is 14.9 Å². The van der Waals surface area contributed by atoms with Gasteiger partial charge in [-0.25, -0.2) is 9.82 Å². The molecule has 0 spiro atoms. The van der Waals surface area contributed by atoms with Crippen LogP contribution in [0.5, 0.6) is 11.5 Å². The lowest BCUT2D eigenvalue weighted by Crippen LogP contribution is -2.19. The Morgan fingerprint density at radius 1 is 1.12 bits per heavy atom. The van der Waals surface area contributed by atoms with Gasteiger partial charge in [0.2, 0.25) is 0 Å². The SMILES string of the molecule is CCOc1cc(/C=N\NC(=O)c2ccc(C#N)cc2F)ccc1OCc1ccc(Cl)cc1Cl. The molecule has 0 bridgehead atoms. The van der Waals surface area contributed by atoms with Gasteiger partial charge in [0, 0.05) is 15.6 Å². The van der Waals surface area contributed by atoms with E-state index >= 15 is 0 Å². The van der Waals surface area contributed by atoms with Gasteiger partial charge in [-0.15, -0.1) is 0 Å². The fourth-order valence-electron chi connectivity index (χ4n) is 2.78. The van der Waals surface area contributed by atoms with E-state index in [1.807, 2.05) is 6.92 Å². The zero-order valence-electron chi connectivity index (χ0n) is 17.4. The molecule has 6 nitrogen and oxygen atoms in total. The van der Waals surface area contributed by atoms with Crippen molar-refractivity contribution in [2.45, 2.75) is 13.5 Å². The lowest BCUT2D eigenvalue weighted by Gasteiger charge is -2.13. The molecule has 0 aliphatic heterocycles. The molecule has 0 atom stereocenters. The first kappa shape index (κ1) is 24.1. The van der Waals surface area contributed by atoms with Crippen molar-refractivity contribution in [3.8, 4) is 17.6 Å². The number of carbonyl (C=O) groups excluding carboxylic acids is 1. The van der Waals surface area contributed by atoms with E-state index in [0.29, 0.717) is 33.7 Å². The monoisotopic (exact) mass is 485 g/mol. The number of nitriles is 1. The Morgan fingerprint density at radius 3 is 2.64 bits per heavy atom. The van der Waals surface area contributed by atoms with Crippen molar-refractivity contribution in [3.63, 3.8) is 0 Å². The Hall–Kier alpha value is -3.60. The molecule has 0 heterocycles. The number of hydrogen-bond donors (Lipinski definition) is 1. The molecule has 168 valence electrons.